The Labute approximate surface area is 137 Å². The maximum atomic E-state index is 6.16. The summed E-state index contributed by atoms with van der Waals surface area (Å²) in [6.45, 7) is 2.06. The highest BCUT2D eigenvalue weighted by molar-refractivity contribution is 9.10. The van der Waals surface area contributed by atoms with Crippen molar-refractivity contribution in [3.63, 3.8) is 0 Å². The average molecular weight is 375 g/mol. The Morgan fingerprint density at radius 2 is 1.90 bits per heavy atom. The molecule has 1 atom stereocenters. The first kappa shape index (κ1) is 15.6. The van der Waals surface area contributed by atoms with Crippen LogP contribution >= 0.6 is 39.1 Å². The maximum Gasteiger partial charge on any atom is 0.147 e. The molecule has 0 aliphatic carbocycles. The second-order valence-corrected chi connectivity index (χ2v) is 6.05. The second kappa shape index (κ2) is 6.81. The van der Waals surface area contributed by atoms with Gasteiger partial charge in [-0.2, -0.15) is 0 Å². The zero-order valence-electron chi connectivity index (χ0n) is 11.1. The monoisotopic (exact) mass is 373 g/mol. The fourth-order valence-electron chi connectivity index (χ4n) is 1.79. The molecule has 0 aliphatic heterocycles. The molecule has 0 heterocycles. The lowest BCUT2D eigenvalue weighted by atomic mass is 10.1. The molecular formula is C15H14BrCl2NO. The van der Waals surface area contributed by atoms with Crippen LogP contribution in [-0.4, -0.2) is 7.05 Å². The average Bonchev–Trinajstić information content (AvgIpc) is 2.44. The summed E-state index contributed by atoms with van der Waals surface area (Å²) in [5.74, 6) is 1.30. The molecule has 2 rings (SSSR count). The first-order valence-electron chi connectivity index (χ1n) is 6.11. The van der Waals surface area contributed by atoms with E-state index in [4.69, 9.17) is 27.9 Å². The Hall–Kier alpha value is -0.740. The van der Waals surface area contributed by atoms with Gasteiger partial charge in [0.15, 0.2) is 0 Å². The molecule has 0 saturated carbocycles. The molecule has 20 heavy (non-hydrogen) atoms. The van der Waals surface area contributed by atoms with Gasteiger partial charge < -0.3 is 10.1 Å². The molecule has 1 N–H and O–H groups in total. The highest BCUT2D eigenvalue weighted by atomic mass is 79.9. The minimum absolute atomic E-state index is 0.153. The molecule has 2 nitrogen and oxygen atoms in total. The van der Waals surface area contributed by atoms with Gasteiger partial charge in [-0.25, -0.2) is 0 Å². The van der Waals surface area contributed by atoms with Crippen LogP contribution in [0.25, 0.3) is 0 Å². The van der Waals surface area contributed by atoms with Gasteiger partial charge in [-0.1, -0.05) is 45.2 Å². The summed E-state index contributed by atoms with van der Waals surface area (Å²) in [7, 11) is 1.90. The van der Waals surface area contributed by atoms with Crippen molar-refractivity contribution in [3.05, 3.63) is 56.5 Å². The summed E-state index contributed by atoms with van der Waals surface area (Å²) in [5, 5.41) is 4.09. The van der Waals surface area contributed by atoms with Crippen molar-refractivity contribution in [3.8, 4) is 11.5 Å². The molecule has 1 unspecified atom stereocenters. The van der Waals surface area contributed by atoms with E-state index in [1.165, 1.54) is 0 Å². The first-order chi connectivity index (χ1) is 9.52. The topological polar surface area (TPSA) is 21.3 Å². The van der Waals surface area contributed by atoms with Crippen LogP contribution in [-0.2, 0) is 0 Å². The smallest absolute Gasteiger partial charge is 0.147 e. The van der Waals surface area contributed by atoms with Gasteiger partial charge in [0.2, 0.25) is 0 Å². The van der Waals surface area contributed by atoms with E-state index in [-0.39, 0.29) is 6.04 Å². The van der Waals surface area contributed by atoms with Crippen LogP contribution in [0.1, 0.15) is 18.5 Å². The Morgan fingerprint density at radius 3 is 2.60 bits per heavy atom. The predicted octanol–water partition coefficient (Wildman–Crippen LogP) is 5.83. The number of hydrogen-bond acceptors (Lipinski definition) is 2. The molecule has 5 heteroatoms. The fraction of sp³-hybridized carbons (Fsp3) is 0.200. The lowest BCUT2D eigenvalue weighted by Gasteiger charge is -2.17. The van der Waals surface area contributed by atoms with Crippen molar-refractivity contribution in [2.24, 2.45) is 0 Å². The summed E-state index contributed by atoms with van der Waals surface area (Å²) >= 11 is 15.6. The summed E-state index contributed by atoms with van der Waals surface area (Å²) in [4.78, 5) is 0. The van der Waals surface area contributed by atoms with Crippen molar-refractivity contribution in [2.75, 3.05) is 7.05 Å². The van der Waals surface area contributed by atoms with E-state index in [2.05, 4.69) is 28.2 Å². The molecule has 0 fully saturated rings. The zero-order chi connectivity index (χ0) is 14.7. The van der Waals surface area contributed by atoms with Crippen LogP contribution < -0.4 is 10.1 Å². The molecule has 106 valence electrons. The van der Waals surface area contributed by atoms with Crippen LogP contribution in [0.4, 0.5) is 0 Å². The largest absolute Gasteiger partial charge is 0.455 e. The molecule has 0 aromatic heterocycles. The zero-order valence-corrected chi connectivity index (χ0v) is 14.2. The molecular weight excluding hydrogens is 361 g/mol. The second-order valence-electron chi connectivity index (χ2n) is 4.35. The maximum absolute atomic E-state index is 6.16. The van der Waals surface area contributed by atoms with Crippen LogP contribution in [0.15, 0.2) is 40.9 Å². The van der Waals surface area contributed by atoms with Gasteiger partial charge in [-0.05, 0) is 44.3 Å². The van der Waals surface area contributed by atoms with E-state index in [0.29, 0.717) is 15.8 Å². The standard InChI is InChI=1S/C15H14BrCl2NO/c1-9(19-2)11-8-10(16)6-7-13(11)20-14-5-3-4-12(17)15(14)18/h3-9,19H,1-2H3. The summed E-state index contributed by atoms with van der Waals surface area (Å²) in [6, 6.07) is 11.3. The normalized spacial score (nSPS) is 12.2. The van der Waals surface area contributed by atoms with E-state index in [0.717, 1.165) is 15.8 Å². The van der Waals surface area contributed by atoms with Crippen LogP contribution in [0, 0.1) is 0 Å². The minimum Gasteiger partial charge on any atom is -0.455 e. The summed E-state index contributed by atoms with van der Waals surface area (Å²) in [5.41, 5.74) is 1.04. The van der Waals surface area contributed by atoms with Crippen molar-refractivity contribution in [1.82, 2.24) is 5.32 Å². The highest BCUT2D eigenvalue weighted by Gasteiger charge is 2.13. The van der Waals surface area contributed by atoms with Crippen LogP contribution in [0.2, 0.25) is 10.0 Å². The molecule has 2 aromatic rings. The van der Waals surface area contributed by atoms with Crippen LogP contribution in [0.3, 0.4) is 0 Å². The number of nitrogens with one attached hydrogen (secondary N) is 1. The lowest BCUT2D eigenvalue weighted by molar-refractivity contribution is 0.466. The quantitative estimate of drug-likeness (QED) is 0.726. The third-order valence-electron chi connectivity index (χ3n) is 3.01. The molecule has 0 radical (unpaired) electrons. The minimum atomic E-state index is 0.153. The van der Waals surface area contributed by atoms with Crippen LogP contribution in [0.5, 0.6) is 11.5 Å². The van der Waals surface area contributed by atoms with E-state index < -0.39 is 0 Å². The SMILES string of the molecule is CNC(C)c1cc(Br)ccc1Oc1cccc(Cl)c1Cl. The first-order valence-corrected chi connectivity index (χ1v) is 7.66. The van der Waals surface area contributed by atoms with Crippen molar-refractivity contribution in [2.45, 2.75) is 13.0 Å². The number of halogens is 3. The number of hydrogen-bond donors (Lipinski definition) is 1. The van der Waals surface area contributed by atoms with Gasteiger partial charge in [0, 0.05) is 16.1 Å². The van der Waals surface area contributed by atoms with Gasteiger partial charge >= 0.3 is 0 Å². The molecule has 0 aliphatic rings. The van der Waals surface area contributed by atoms with E-state index in [9.17, 15) is 0 Å². The van der Waals surface area contributed by atoms with Gasteiger partial charge in [-0.15, -0.1) is 0 Å². The number of rotatable bonds is 4. The van der Waals surface area contributed by atoms with Gasteiger partial charge in [0.1, 0.15) is 16.5 Å². The third kappa shape index (κ3) is 3.47. The van der Waals surface area contributed by atoms with Gasteiger partial charge in [0.05, 0.1) is 5.02 Å². The van der Waals surface area contributed by atoms with Gasteiger partial charge in [0.25, 0.3) is 0 Å². The molecule has 0 amide bonds. The van der Waals surface area contributed by atoms with Gasteiger partial charge in [-0.3, -0.25) is 0 Å². The van der Waals surface area contributed by atoms with Crippen molar-refractivity contribution >= 4 is 39.1 Å². The number of ether oxygens (including phenoxy) is 1. The third-order valence-corrected chi connectivity index (χ3v) is 4.30. The highest BCUT2D eigenvalue weighted by Crippen LogP contribution is 2.37. The van der Waals surface area contributed by atoms with E-state index in [1.807, 2.05) is 31.3 Å². The van der Waals surface area contributed by atoms with E-state index in [1.54, 1.807) is 12.1 Å². The number of benzene rings is 2. The fourth-order valence-corrected chi connectivity index (χ4v) is 2.50. The summed E-state index contributed by atoms with van der Waals surface area (Å²) < 4.78 is 6.92. The lowest BCUT2D eigenvalue weighted by Crippen LogP contribution is -2.13. The Kier molecular flexibility index (Phi) is 5.33. The summed E-state index contributed by atoms with van der Waals surface area (Å²) in [6.07, 6.45) is 0. The molecule has 0 saturated heterocycles. The van der Waals surface area contributed by atoms with Crippen molar-refractivity contribution in [1.29, 1.82) is 0 Å². The predicted molar refractivity (Wildman–Crippen MR) is 88.2 cm³/mol. The van der Waals surface area contributed by atoms with Crippen molar-refractivity contribution < 1.29 is 4.74 Å². The molecule has 0 spiro atoms. The Morgan fingerprint density at radius 1 is 1.15 bits per heavy atom. The van der Waals surface area contributed by atoms with E-state index >= 15 is 0 Å². The molecule has 0 bridgehead atoms. The molecule has 2 aromatic carbocycles. The Balaban J connectivity index is 2.40. The Bertz CT molecular complexity index is 619.